The molecule has 0 amide bonds. The number of nitrogens with two attached hydrogens (primary N) is 2. The third-order valence-electron chi connectivity index (χ3n) is 0.561. The van der Waals surface area contributed by atoms with Crippen LogP contribution in [0.25, 0.3) is 0 Å². The number of carbonyl (C=O) groups is 2. The second-order valence-electron chi connectivity index (χ2n) is 1.25. The predicted octanol–water partition coefficient (Wildman–Crippen LogP) is -2.01. The molecule has 0 rings (SSSR count). The van der Waals surface area contributed by atoms with Gasteiger partial charge < -0.3 is 16.2 Å². The molecule has 0 unspecified atom stereocenters. The van der Waals surface area contributed by atoms with Crippen molar-refractivity contribution < 1.29 is 24.8 Å². The smallest absolute Gasteiger partial charge is 0.327 e. The average Bonchev–Trinajstić information content (AvgIpc) is 2.07. The maximum Gasteiger partial charge on any atom is 0.327 e. The monoisotopic (exact) mass is 166 g/mol. The normalized spacial score (nSPS) is 7.64. The van der Waals surface area contributed by atoms with Crippen molar-refractivity contribution in [3.63, 3.8) is 0 Å². The molecule has 0 aliphatic rings. The summed E-state index contributed by atoms with van der Waals surface area (Å²) in [5.41, 5.74) is 9.61. The van der Waals surface area contributed by atoms with Gasteiger partial charge in [0, 0.05) is 0 Å². The molecule has 0 heterocycles. The zero-order valence-electron chi connectivity index (χ0n) is 5.69. The van der Waals surface area contributed by atoms with Gasteiger partial charge in [0.05, 0.1) is 13.1 Å². The highest BCUT2D eigenvalue weighted by Crippen LogP contribution is 1.74. The van der Waals surface area contributed by atoms with E-state index in [2.05, 4.69) is 4.74 Å². The van der Waals surface area contributed by atoms with Gasteiger partial charge in [-0.05, 0) is 0 Å². The molecule has 6 N–H and O–H groups in total. The molecule has 0 bridgehead atoms. The van der Waals surface area contributed by atoms with Crippen molar-refractivity contribution in [3.05, 3.63) is 0 Å². The van der Waals surface area contributed by atoms with E-state index in [1.165, 1.54) is 0 Å². The first kappa shape index (κ1) is 12.6. The zero-order chi connectivity index (χ0) is 9.28. The van der Waals surface area contributed by atoms with Crippen LogP contribution in [-0.2, 0) is 14.3 Å². The standard InChI is InChI=1S/C4H8N2O3.H2O2/c5-1-3(7)9-4(8)2-6;1-2/h1-2,5-6H2;1-2H. The lowest BCUT2D eigenvalue weighted by atomic mass is 10.6. The Kier molecular flexibility index (Phi) is 10.3. The summed E-state index contributed by atoms with van der Waals surface area (Å²) in [7, 11) is 0. The highest BCUT2D eigenvalue weighted by molar-refractivity contribution is 5.87. The molecule has 0 aliphatic heterocycles. The van der Waals surface area contributed by atoms with Crippen LogP contribution in [0.1, 0.15) is 0 Å². The van der Waals surface area contributed by atoms with Gasteiger partial charge in [-0.25, -0.2) is 0 Å². The van der Waals surface area contributed by atoms with Crippen LogP contribution < -0.4 is 11.5 Å². The third-order valence-corrected chi connectivity index (χ3v) is 0.561. The zero-order valence-corrected chi connectivity index (χ0v) is 5.69. The molecule has 0 aromatic heterocycles. The van der Waals surface area contributed by atoms with Crippen LogP contribution in [0.4, 0.5) is 0 Å². The van der Waals surface area contributed by atoms with Crippen LogP contribution in [0.5, 0.6) is 0 Å². The highest BCUT2D eigenvalue weighted by atomic mass is 17.0. The lowest BCUT2D eigenvalue weighted by Crippen LogP contribution is -2.25. The van der Waals surface area contributed by atoms with Gasteiger partial charge >= 0.3 is 11.9 Å². The SMILES string of the molecule is NCC(=O)OC(=O)CN.OO. The minimum Gasteiger partial charge on any atom is -0.391 e. The molecule has 66 valence electrons. The van der Waals surface area contributed by atoms with Crippen LogP contribution in [0, 0.1) is 0 Å². The quantitative estimate of drug-likeness (QED) is 0.161. The van der Waals surface area contributed by atoms with E-state index < -0.39 is 11.9 Å². The van der Waals surface area contributed by atoms with Crippen LogP contribution in [-0.4, -0.2) is 35.5 Å². The summed E-state index contributed by atoms with van der Waals surface area (Å²) in [4.78, 5) is 20.3. The molecule has 0 radical (unpaired) electrons. The Morgan fingerprint density at radius 2 is 1.36 bits per heavy atom. The van der Waals surface area contributed by atoms with Gasteiger partial charge in [-0.1, -0.05) is 0 Å². The van der Waals surface area contributed by atoms with Crippen LogP contribution in [0.2, 0.25) is 0 Å². The van der Waals surface area contributed by atoms with Crippen molar-refractivity contribution in [2.24, 2.45) is 11.5 Å². The molecule has 0 aromatic carbocycles. The minimum absolute atomic E-state index is 0.300. The molecule has 0 spiro atoms. The Balaban J connectivity index is 0. The second kappa shape index (κ2) is 8.98. The van der Waals surface area contributed by atoms with Gasteiger partial charge in [-0.15, -0.1) is 0 Å². The Morgan fingerprint density at radius 1 is 1.09 bits per heavy atom. The molecule has 11 heavy (non-hydrogen) atoms. The lowest BCUT2D eigenvalue weighted by molar-refractivity contribution is -0.176. The molecule has 0 saturated carbocycles. The molecule has 0 atom stereocenters. The predicted molar refractivity (Wildman–Crippen MR) is 34.5 cm³/mol. The fourth-order valence-electron chi connectivity index (χ4n) is 0.210. The van der Waals surface area contributed by atoms with E-state index in [-0.39, 0.29) is 13.1 Å². The highest BCUT2D eigenvalue weighted by Gasteiger charge is 2.04. The molecule has 0 saturated heterocycles. The lowest BCUT2D eigenvalue weighted by Gasteiger charge is -1.95. The van der Waals surface area contributed by atoms with E-state index in [1.54, 1.807) is 0 Å². The van der Waals surface area contributed by atoms with Crippen molar-refractivity contribution in [2.45, 2.75) is 0 Å². The Morgan fingerprint density at radius 3 is 1.55 bits per heavy atom. The fraction of sp³-hybridized carbons (Fsp3) is 0.500. The van der Waals surface area contributed by atoms with Gasteiger partial charge in [0.1, 0.15) is 0 Å². The fourth-order valence-corrected chi connectivity index (χ4v) is 0.210. The summed E-state index contributed by atoms with van der Waals surface area (Å²) in [6.45, 7) is -0.600. The first-order valence-electron chi connectivity index (χ1n) is 2.54. The van der Waals surface area contributed by atoms with Gasteiger partial charge in [-0.3, -0.25) is 20.1 Å². The Labute approximate surface area is 62.5 Å². The summed E-state index contributed by atoms with van der Waals surface area (Å²) >= 11 is 0. The molecule has 0 aliphatic carbocycles. The second-order valence-corrected chi connectivity index (χ2v) is 1.25. The third kappa shape index (κ3) is 8.98. The number of ether oxygens (including phenoxy) is 1. The summed E-state index contributed by atoms with van der Waals surface area (Å²) < 4.78 is 4.02. The van der Waals surface area contributed by atoms with Gasteiger partial charge in [0.15, 0.2) is 0 Å². The van der Waals surface area contributed by atoms with Crippen LogP contribution in [0.15, 0.2) is 0 Å². The van der Waals surface area contributed by atoms with Crippen molar-refractivity contribution in [1.82, 2.24) is 0 Å². The summed E-state index contributed by atoms with van der Waals surface area (Å²) in [5, 5.41) is 12.0. The molecular formula is C4H10N2O5. The van der Waals surface area contributed by atoms with Gasteiger partial charge in [0.25, 0.3) is 0 Å². The van der Waals surface area contributed by atoms with Gasteiger partial charge in [-0.2, -0.15) is 0 Å². The first-order chi connectivity index (χ1) is 5.20. The van der Waals surface area contributed by atoms with Crippen LogP contribution in [0.3, 0.4) is 0 Å². The minimum atomic E-state index is -0.759. The number of hydrogen-bond donors (Lipinski definition) is 4. The number of rotatable bonds is 2. The van der Waals surface area contributed by atoms with Crippen LogP contribution >= 0.6 is 0 Å². The molecular weight excluding hydrogens is 156 g/mol. The van der Waals surface area contributed by atoms with E-state index in [0.29, 0.717) is 0 Å². The summed E-state index contributed by atoms with van der Waals surface area (Å²) in [6.07, 6.45) is 0. The summed E-state index contributed by atoms with van der Waals surface area (Å²) in [6, 6.07) is 0. The van der Waals surface area contributed by atoms with E-state index in [9.17, 15) is 9.59 Å². The van der Waals surface area contributed by atoms with E-state index in [4.69, 9.17) is 22.0 Å². The van der Waals surface area contributed by atoms with Crippen molar-refractivity contribution >= 4 is 11.9 Å². The van der Waals surface area contributed by atoms with Crippen molar-refractivity contribution in [3.8, 4) is 0 Å². The van der Waals surface area contributed by atoms with E-state index in [0.717, 1.165) is 0 Å². The largest absolute Gasteiger partial charge is 0.391 e. The van der Waals surface area contributed by atoms with Crippen molar-refractivity contribution in [2.75, 3.05) is 13.1 Å². The summed E-state index contributed by atoms with van der Waals surface area (Å²) in [5.74, 6) is -1.52. The topological polar surface area (TPSA) is 136 Å². The number of esters is 2. The van der Waals surface area contributed by atoms with E-state index >= 15 is 0 Å². The Hall–Kier alpha value is -1.02. The number of hydrogen-bond acceptors (Lipinski definition) is 7. The average molecular weight is 166 g/mol. The number of carbonyl (C=O) groups excluding carboxylic acids is 2. The molecule has 0 aromatic rings. The molecule has 7 heteroatoms. The maximum atomic E-state index is 10.2. The first-order valence-corrected chi connectivity index (χ1v) is 2.54. The molecule has 7 nitrogen and oxygen atoms in total. The van der Waals surface area contributed by atoms with E-state index in [1.807, 2.05) is 0 Å². The molecule has 0 fully saturated rings. The Bertz CT molecular complexity index is 112. The maximum absolute atomic E-state index is 10.2. The van der Waals surface area contributed by atoms with Gasteiger partial charge in [0.2, 0.25) is 0 Å². The van der Waals surface area contributed by atoms with Crippen molar-refractivity contribution in [1.29, 1.82) is 0 Å².